The van der Waals surface area contributed by atoms with Crippen molar-refractivity contribution in [2.75, 3.05) is 11.9 Å². The lowest BCUT2D eigenvalue weighted by atomic mass is 10.3. The Morgan fingerprint density at radius 2 is 1.88 bits per heavy atom. The lowest BCUT2D eigenvalue weighted by Crippen LogP contribution is -2.08. The molecule has 0 amide bonds. The summed E-state index contributed by atoms with van der Waals surface area (Å²) in [6.45, 7) is 4.65. The maximum atomic E-state index is 4.54. The molecule has 7 nitrogen and oxygen atoms in total. The molecule has 0 atom stereocenters. The predicted molar refractivity (Wildman–Crippen MR) is 92.0 cm³/mol. The van der Waals surface area contributed by atoms with E-state index in [0.29, 0.717) is 18.7 Å². The average molecular weight is 319 g/mol. The summed E-state index contributed by atoms with van der Waals surface area (Å²) in [7, 11) is 0. The van der Waals surface area contributed by atoms with Crippen molar-refractivity contribution in [3.8, 4) is 0 Å². The molecule has 4 rings (SSSR count). The van der Waals surface area contributed by atoms with E-state index in [1.54, 1.807) is 10.7 Å². The van der Waals surface area contributed by atoms with Crippen molar-refractivity contribution in [2.24, 2.45) is 0 Å². The molecule has 24 heavy (non-hydrogen) atoms. The molecule has 0 bridgehead atoms. The summed E-state index contributed by atoms with van der Waals surface area (Å²) < 4.78 is 1.78. The SMILES string of the molecule is Cc1cc(C)n2nc(CCNc3cnc4ccccc4n3)nc2n1. The maximum Gasteiger partial charge on any atom is 0.252 e. The van der Waals surface area contributed by atoms with E-state index < -0.39 is 0 Å². The Morgan fingerprint density at radius 1 is 1.04 bits per heavy atom. The van der Waals surface area contributed by atoms with Crippen molar-refractivity contribution >= 4 is 22.6 Å². The number of benzene rings is 1. The minimum atomic E-state index is 0.646. The highest BCUT2D eigenvalue weighted by atomic mass is 15.3. The molecule has 0 aliphatic heterocycles. The zero-order chi connectivity index (χ0) is 16.5. The average Bonchev–Trinajstić information content (AvgIpc) is 2.98. The minimum absolute atomic E-state index is 0.646. The molecule has 7 heteroatoms. The van der Waals surface area contributed by atoms with Crippen molar-refractivity contribution in [1.29, 1.82) is 0 Å². The van der Waals surface area contributed by atoms with Crippen LogP contribution in [0, 0.1) is 13.8 Å². The lowest BCUT2D eigenvalue weighted by molar-refractivity contribution is 0.832. The Kier molecular flexibility index (Phi) is 3.53. The number of nitrogens with zero attached hydrogens (tertiary/aromatic N) is 6. The highest BCUT2D eigenvalue weighted by Crippen LogP contribution is 2.11. The van der Waals surface area contributed by atoms with Crippen LogP contribution in [0.15, 0.2) is 36.5 Å². The molecule has 1 N–H and O–H groups in total. The van der Waals surface area contributed by atoms with Crippen LogP contribution in [-0.2, 0) is 6.42 Å². The number of hydrogen-bond acceptors (Lipinski definition) is 6. The lowest BCUT2D eigenvalue weighted by Gasteiger charge is -2.04. The van der Waals surface area contributed by atoms with Gasteiger partial charge in [-0.15, -0.1) is 5.10 Å². The van der Waals surface area contributed by atoms with Crippen LogP contribution in [0.4, 0.5) is 5.82 Å². The zero-order valence-electron chi connectivity index (χ0n) is 13.6. The van der Waals surface area contributed by atoms with Gasteiger partial charge >= 0.3 is 0 Å². The largest absolute Gasteiger partial charge is 0.368 e. The Labute approximate surface area is 138 Å². The van der Waals surface area contributed by atoms with E-state index >= 15 is 0 Å². The van der Waals surface area contributed by atoms with Crippen LogP contribution < -0.4 is 5.32 Å². The number of nitrogens with one attached hydrogen (secondary N) is 1. The highest BCUT2D eigenvalue weighted by molar-refractivity contribution is 5.75. The first kappa shape index (κ1) is 14.5. The Balaban J connectivity index is 1.47. The number of aryl methyl sites for hydroxylation is 2. The molecule has 3 heterocycles. The fraction of sp³-hybridized carbons (Fsp3) is 0.235. The van der Waals surface area contributed by atoms with E-state index in [9.17, 15) is 0 Å². The van der Waals surface area contributed by atoms with Crippen LogP contribution in [0.5, 0.6) is 0 Å². The zero-order valence-corrected chi connectivity index (χ0v) is 13.6. The van der Waals surface area contributed by atoms with Crippen LogP contribution in [0.1, 0.15) is 17.2 Å². The van der Waals surface area contributed by atoms with Gasteiger partial charge in [0.1, 0.15) is 5.82 Å². The second kappa shape index (κ2) is 5.84. The molecule has 0 saturated heterocycles. The monoisotopic (exact) mass is 319 g/mol. The molecular weight excluding hydrogens is 302 g/mol. The van der Waals surface area contributed by atoms with E-state index in [1.807, 2.05) is 44.2 Å². The number of fused-ring (bicyclic) bond motifs is 2. The first-order chi connectivity index (χ1) is 11.7. The van der Waals surface area contributed by atoms with Crippen molar-refractivity contribution in [2.45, 2.75) is 20.3 Å². The molecule has 0 aliphatic rings. The Bertz CT molecular complexity index is 1020. The molecule has 4 aromatic rings. The van der Waals surface area contributed by atoms with Gasteiger partial charge in [0.2, 0.25) is 0 Å². The molecule has 0 saturated carbocycles. The molecule has 120 valence electrons. The maximum absolute atomic E-state index is 4.54. The molecule has 0 unspecified atom stereocenters. The molecule has 3 aromatic heterocycles. The van der Waals surface area contributed by atoms with Gasteiger partial charge in [0, 0.05) is 24.4 Å². The number of hydrogen-bond donors (Lipinski definition) is 1. The smallest absolute Gasteiger partial charge is 0.252 e. The van der Waals surface area contributed by atoms with Gasteiger partial charge in [0.25, 0.3) is 5.78 Å². The third kappa shape index (κ3) is 2.76. The van der Waals surface area contributed by atoms with Crippen LogP contribution in [0.2, 0.25) is 0 Å². The van der Waals surface area contributed by atoms with Crippen molar-refractivity contribution in [3.05, 3.63) is 53.7 Å². The third-order valence-corrected chi connectivity index (χ3v) is 3.77. The number of rotatable bonds is 4. The first-order valence-electron chi connectivity index (χ1n) is 7.84. The minimum Gasteiger partial charge on any atom is -0.368 e. The molecular formula is C17H17N7. The standard InChI is InChI=1S/C17H17N7/c1-11-9-12(2)24-17(20-11)22-15(23-24)7-8-18-16-10-19-13-5-3-4-6-14(13)21-16/h3-6,9-10H,7-8H2,1-2H3,(H,18,21). The second-order valence-corrected chi connectivity index (χ2v) is 5.70. The van der Waals surface area contributed by atoms with E-state index in [1.165, 1.54) is 0 Å². The summed E-state index contributed by atoms with van der Waals surface area (Å²) in [6.07, 6.45) is 2.44. The van der Waals surface area contributed by atoms with Gasteiger partial charge in [-0.25, -0.2) is 14.5 Å². The van der Waals surface area contributed by atoms with E-state index in [0.717, 1.165) is 34.1 Å². The number of para-hydroxylation sites is 2. The number of aromatic nitrogens is 6. The summed E-state index contributed by atoms with van der Waals surface area (Å²) in [5.41, 5.74) is 3.75. The van der Waals surface area contributed by atoms with Crippen LogP contribution in [0.25, 0.3) is 16.8 Å². The van der Waals surface area contributed by atoms with Gasteiger partial charge in [-0.3, -0.25) is 4.98 Å². The molecule has 0 fully saturated rings. The van der Waals surface area contributed by atoms with E-state index in [4.69, 9.17) is 0 Å². The molecule has 0 spiro atoms. The molecule has 0 aliphatic carbocycles. The van der Waals surface area contributed by atoms with Crippen LogP contribution in [-0.4, -0.2) is 36.1 Å². The van der Waals surface area contributed by atoms with Crippen LogP contribution >= 0.6 is 0 Å². The predicted octanol–water partition coefficient (Wildman–Crippen LogP) is 2.34. The first-order valence-corrected chi connectivity index (χ1v) is 7.84. The summed E-state index contributed by atoms with van der Waals surface area (Å²) in [5.74, 6) is 2.16. The van der Waals surface area contributed by atoms with Gasteiger partial charge in [-0.05, 0) is 32.0 Å². The van der Waals surface area contributed by atoms with Crippen molar-refractivity contribution < 1.29 is 0 Å². The van der Waals surface area contributed by atoms with Gasteiger partial charge in [-0.1, -0.05) is 12.1 Å². The second-order valence-electron chi connectivity index (χ2n) is 5.70. The van der Waals surface area contributed by atoms with Gasteiger partial charge in [-0.2, -0.15) is 4.98 Å². The number of anilines is 1. The Morgan fingerprint density at radius 3 is 2.75 bits per heavy atom. The summed E-state index contributed by atoms with van der Waals surface area (Å²) in [4.78, 5) is 17.8. The normalized spacial score (nSPS) is 11.2. The third-order valence-electron chi connectivity index (χ3n) is 3.77. The fourth-order valence-corrected chi connectivity index (χ4v) is 2.66. The van der Waals surface area contributed by atoms with Gasteiger partial charge in [0.05, 0.1) is 17.2 Å². The quantitative estimate of drug-likeness (QED) is 0.622. The Hall–Kier alpha value is -3.09. The van der Waals surface area contributed by atoms with Crippen molar-refractivity contribution in [3.63, 3.8) is 0 Å². The van der Waals surface area contributed by atoms with E-state index in [-0.39, 0.29) is 0 Å². The summed E-state index contributed by atoms with van der Waals surface area (Å²) >= 11 is 0. The topological polar surface area (TPSA) is 80.9 Å². The fourth-order valence-electron chi connectivity index (χ4n) is 2.66. The molecule has 1 aromatic carbocycles. The highest BCUT2D eigenvalue weighted by Gasteiger charge is 2.07. The molecule has 0 radical (unpaired) electrons. The van der Waals surface area contributed by atoms with Crippen molar-refractivity contribution in [1.82, 2.24) is 29.5 Å². The van der Waals surface area contributed by atoms with Gasteiger partial charge < -0.3 is 5.32 Å². The summed E-state index contributed by atoms with van der Waals surface area (Å²) in [5, 5.41) is 7.77. The summed E-state index contributed by atoms with van der Waals surface area (Å²) in [6, 6.07) is 9.81. The van der Waals surface area contributed by atoms with E-state index in [2.05, 4.69) is 30.4 Å². The van der Waals surface area contributed by atoms with Gasteiger partial charge in [0.15, 0.2) is 5.82 Å². The van der Waals surface area contributed by atoms with Crippen LogP contribution in [0.3, 0.4) is 0 Å².